The van der Waals surface area contributed by atoms with Gasteiger partial charge in [0.25, 0.3) is 5.56 Å². The lowest BCUT2D eigenvalue weighted by atomic mass is 10.0. The predicted octanol–water partition coefficient (Wildman–Crippen LogP) is 2.44. The summed E-state index contributed by atoms with van der Waals surface area (Å²) in [6, 6.07) is 2.57. The molecular formula is C25H26F3N7O4S. The molecule has 15 heteroatoms. The molecule has 0 bridgehead atoms. The Bertz CT molecular complexity index is 1600. The summed E-state index contributed by atoms with van der Waals surface area (Å²) in [5, 5.41) is 7.22. The topological polar surface area (TPSA) is 155 Å². The molecule has 40 heavy (non-hydrogen) atoms. The summed E-state index contributed by atoms with van der Waals surface area (Å²) in [6.07, 6.45) is -1.66. The van der Waals surface area contributed by atoms with E-state index in [4.69, 9.17) is 10.5 Å². The number of thiazole rings is 1. The summed E-state index contributed by atoms with van der Waals surface area (Å²) in [5.74, 6) is -0.765. The molecule has 0 aliphatic rings. The molecule has 11 nitrogen and oxygen atoms in total. The number of hydrogen-bond donors (Lipinski definition) is 2. The minimum Gasteiger partial charge on any atom is -0.464 e. The number of esters is 1. The van der Waals surface area contributed by atoms with E-state index in [1.165, 1.54) is 18.5 Å². The highest BCUT2D eigenvalue weighted by molar-refractivity contribution is 7.18. The van der Waals surface area contributed by atoms with E-state index in [0.29, 0.717) is 16.1 Å². The minimum atomic E-state index is -4.51. The zero-order valence-electron chi connectivity index (χ0n) is 21.6. The monoisotopic (exact) mass is 577 g/mol. The molecule has 0 unspecified atom stereocenters. The first-order chi connectivity index (χ1) is 18.9. The summed E-state index contributed by atoms with van der Waals surface area (Å²) >= 11 is 1.12. The van der Waals surface area contributed by atoms with E-state index in [2.05, 4.69) is 25.4 Å². The fraction of sp³-hybridized carbons (Fsp3) is 0.400. The molecule has 0 aliphatic heterocycles. The van der Waals surface area contributed by atoms with Crippen LogP contribution >= 0.6 is 11.3 Å². The van der Waals surface area contributed by atoms with Crippen molar-refractivity contribution in [2.24, 2.45) is 11.7 Å². The number of nitrogens with zero attached hydrogens (tertiary/aromatic N) is 5. The second-order valence-electron chi connectivity index (χ2n) is 9.38. The Morgan fingerprint density at radius 1 is 1.18 bits per heavy atom. The highest BCUT2D eigenvalue weighted by atomic mass is 32.1. The van der Waals surface area contributed by atoms with Gasteiger partial charge >= 0.3 is 12.1 Å². The number of benzene rings is 1. The zero-order valence-corrected chi connectivity index (χ0v) is 22.4. The molecule has 3 N–H and O–H groups in total. The first-order valence-corrected chi connectivity index (χ1v) is 13.1. The fourth-order valence-corrected chi connectivity index (χ4v) is 4.84. The smallest absolute Gasteiger partial charge is 0.416 e. The van der Waals surface area contributed by atoms with E-state index >= 15 is 0 Å². The summed E-state index contributed by atoms with van der Waals surface area (Å²) < 4.78 is 46.0. The summed E-state index contributed by atoms with van der Waals surface area (Å²) in [7, 11) is 0. The van der Waals surface area contributed by atoms with E-state index in [1.807, 2.05) is 13.8 Å². The molecule has 0 saturated heterocycles. The van der Waals surface area contributed by atoms with Crippen LogP contribution in [0.3, 0.4) is 0 Å². The van der Waals surface area contributed by atoms with Crippen molar-refractivity contribution in [3.63, 3.8) is 0 Å². The number of amides is 1. The van der Waals surface area contributed by atoms with Gasteiger partial charge in [0.1, 0.15) is 22.8 Å². The van der Waals surface area contributed by atoms with E-state index in [0.717, 1.165) is 28.2 Å². The standard InChI is InChI=1S/C25H26F3N7O4S/c1-13(2)9-15(29)23(37)32-7-8-39-20(36)11-17-21-22(31-6-5-30-21)24(38)35(34-17)12-19-33-16-10-14(25(26,27)28)3-4-18(16)40-19/h3-6,10,13,15H,7-9,11-12,29H2,1-2H3,(H,32,37)/t15-/m0/s1. The molecule has 4 rings (SSSR count). The van der Waals surface area contributed by atoms with Crippen molar-refractivity contribution in [2.45, 2.75) is 45.5 Å². The number of carbonyl (C=O) groups is 2. The number of aromatic nitrogens is 5. The van der Waals surface area contributed by atoms with Gasteiger partial charge in [0.15, 0.2) is 5.52 Å². The number of rotatable bonds is 10. The van der Waals surface area contributed by atoms with Crippen LogP contribution in [0.2, 0.25) is 0 Å². The van der Waals surface area contributed by atoms with Crippen LogP contribution in [0.4, 0.5) is 13.2 Å². The molecular weight excluding hydrogens is 551 g/mol. The average molecular weight is 578 g/mol. The van der Waals surface area contributed by atoms with Gasteiger partial charge in [0, 0.05) is 12.4 Å². The molecule has 0 spiro atoms. The van der Waals surface area contributed by atoms with E-state index in [1.54, 1.807) is 0 Å². The minimum absolute atomic E-state index is 0.0350. The van der Waals surface area contributed by atoms with Gasteiger partial charge in [-0.2, -0.15) is 18.3 Å². The first kappa shape index (κ1) is 29.0. The highest BCUT2D eigenvalue weighted by Gasteiger charge is 2.31. The van der Waals surface area contributed by atoms with Gasteiger partial charge in [-0.25, -0.2) is 14.6 Å². The van der Waals surface area contributed by atoms with Gasteiger partial charge in [-0.1, -0.05) is 13.8 Å². The molecule has 0 radical (unpaired) electrons. The Balaban J connectivity index is 1.48. The number of carbonyl (C=O) groups excluding carboxylic acids is 2. The molecule has 1 amide bonds. The normalized spacial score (nSPS) is 12.7. The summed E-state index contributed by atoms with van der Waals surface area (Å²) in [5.41, 5.74) is 4.74. The summed E-state index contributed by atoms with van der Waals surface area (Å²) in [6.45, 7) is 3.71. The van der Waals surface area contributed by atoms with Crippen molar-refractivity contribution in [3.8, 4) is 0 Å². The maximum absolute atomic E-state index is 13.1. The zero-order chi connectivity index (χ0) is 29.0. The largest absolute Gasteiger partial charge is 0.464 e. The lowest BCUT2D eigenvalue weighted by Gasteiger charge is -2.14. The quantitative estimate of drug-likeness (QED) is 0.214. The Morgan fingerprint density at radius 3 is 2.60 bits per heavy atom. The van der Waals surface area contributed by atoms with Crippen LogP contribution in [0.25, 0.3) is 21.3 Å². The number of ether oxygens (including phenoxy) is 1. The molecule has 212 valence electrons. The average Bonchev–Trinajstić information content (AvgIpc) is 3.30. The lowest BCUT2D eigenvalue weighted by molar-refractivity contribution is -0.143. The van der Waals surface area contributed by atoms with Gasteiger partial charge in [-0.3, -0.25) is 19.4 Å². The molecule has 3 aromatic heterocycles. The maximum Gasteiger partial charge on any atom is 0.416 e. The number of halogens is 3. The van der Waals surface area contributed by atoms with Crippen LogP contribution in [0, 0.1) is 5.92 Å². The van der Waals surface area contributed by atoms with Crippen molar-refractivity contribution in [3.05, 3.63) is 57.2 Å². The van der Waals surface area contributed by atoms with Crippen molar-refractivity contribution in [1.29, 1.82) is 0 Å². The number of nitrogens with one attached hydrogen (secondary N) is 1. The second-order valence-corrected chi connectivity index (χ2v) is 10.5. The molecule has 4 aromatic rings. The predicted molar refractivity (Wildman–Crippen MR) is 140 cm³/mol. The van der Waals surface area contributed by atoms with Crippen molar-refractivity contribution in [2.75, 3.05) is 13.2 Å². The maximum atomic E-state index is 13.1. The molecule has 0 aliphatic carbocycles. The van der Waals surface area contributed by atoms with Crippen LogP contribution in [0.5, 0.6) is 0 Å². The van der Waals surface area contributed by atoms with Crippen LogP contribution < -0.4 is 16.6 Å². The third-order valence-electron chi connectivity index (χ3n) is 5.73. The van der Waals surface area contributed by atoms with Gasteiger partial charge < -0.3 is 15.8 Å². The third-order valence-corrected chi connectivity index (χ3v) is 6.75. The molecule has 3 heterocycles. The van der Waals surface area contributed by atoms with E-state index in [-0.39, 0.29) is 60.2 Å². The van der Waals surface area contributed by atoms with Crippen LogP contribution in [0.1, 0.15) is 36.5 Å². The molecule has 1 atom stereocenters. The Hall–Kier alpha value is -3.98. The number of alkyl halides is 3. The Labute approximate surface area is 229 Å². The fourth-order valence-electron chi connectivity index (χ4n) is 3.91. The first-order valence-electron chi connectivity index (χ1n) is 12.3. The van der Waals surface area contributed by atoms with Crippen LogP contribution in [-0.2, 0) is 33.5 Å². The lowest BCUT2D eigenvalue weighted by Crippen LogP contribution is -2.42. The Morgan fingerprint density at radius 2 is 1.90 bits per heavy atom. The SMILES string of the molecule is CC(C)C[C@H](N)C(=O)NCCOC(=O)Cc1nn(Cc2nc3cc(C(F)(F)F)ccc3s2)c(=O)c2nccnc12. The van der Waals surface area contributed by atoms with Gasteiger partial charge in [0.2, 0.25) is 5.91 Å². The van der Waals surface area contributed by atoms with Crippen LogP contribution in [0.15, 0.2) is 35.4 Å². The molecule has 0 saturated carbocycles. The van der Waals surface area contributed by atoms with Crippen LogP contribution in [-0.4, -0.2) is 55.8 Å². The molecule has 0 fully saturated rings. The van der Waals surface area contributed by atoms with Crippen molar-refractivity contribution < 1.29 is 27.5 Å². The van der Waals surface area contributed by atoms with Gasteiger partial charge in [-0.05, 0) is 30.5 Å². The Kier molecular flexibility index (Phi) is 8.73. The summed E-state index contributed by atoms with van der Waals surface area (Å²) in [4.78, 5) is 50.0. The number of fused-ring (bicyclic) bond motifs is 2. The third kappa shape index (κ3) is 6.96. The van der Waals surface area contributed by atoms with E-state index < -0.39 is 29.3 Å². The van der Waals surface area contributed by atoms with Gasteiger partial charge in [0.05, 0.1) is 41.3 Å². The van der Waals surface area contributed by atoms with Crippen molar-refractivity contribution in [1.82, 2.24) is 30.0 Å². The highest BCUT2D eigenvalue weighted by Crippen LogP contribution is 2.33. The van der Waals surface area contributed by atoms with Gasteiger partial charge in [-0.15, -0.1) is 11.3 Å². The number of nitrogens with two attached hydrogens (primary N) is 1. The van der Waals surface area contributed by atoms with E-state index in [9.17, 15) is 27.6 Å². The number of hydrogen-bond acceptors (Lipinski definition) is 10. The van der Waals surface area contributed by atoms with Crippen molar-refractivity contribution >= 4 is 44.5 Å². The second kappa shape index (κ2) is 12.0. The molecule has 1 aromatic carbocycles.